The fourth-order valence-corrected chi connectivity index (χ4v) is 3.02. The molecule has 0 saturated carbocycles. The fraction of sp³-hybridized carbons (Fsp3) is 0.400. The molecule has 4 heterocycles. The van der Waals surface area contributed by atoms with Gasteiger partial charge in [0.1, 0.15) is 29.7 Å². The first-order valence-corrected chi connectivity index (χ1v) is 7.43. The molecule has 1 aliphatic heterocycles. The van der Waals surface area contributed by atoms with Crippen LogP contribution in [0.15, 0.2) is 31.0 Å². The van der Waals surface area contributed by atoms with Crippen molar-refractivity contribution < 1.29 is 4.74 Å². The highest BCUT2D eigenvalue weighted by Crippen LogP contribution is 2.33. The van der Waals surface area contributed by atoms with Crippen molar-refractivity contribution in [3.8, 4) is 0 Å². The third kappa shape index (κ3) is 2.23. The number of fused-ring (bicyclic) bond motifs is 1. The van der Waals surface area contributed by atoms with E-state index in [1.807, 2.05) is 36.3 Å². The number of aromatic nitrogens is 5. The fourth-order valence-electron chi connectivity index (χ4n) is 3.02. The lowest BCUT2D eigenvalue weighted by Gasteiger charge is -2.19. The normalized spacial score (nSPS) is 21.5. The van der Waals surface area contributed by atoms with Crippen molar-refractivity contribution in [2.45, 2.75) is 12.5 Å². The van der Waals surface area contributed by atoms with Crippen LogP contribution in [0.3, 0.4) is 0 Å². The minimum Gasteiger partial charge on any atom is -0.370 e. The number of nitrogens with one attached hydrogen (secondary N) is 2. The van der Waals surface area contributed by atoms with E-state index >= 15 is 0 Å². The molecule has 0 bridgehead atoms. The van der Waals surface area contributed by atoms with Crippen LogP contribution in [0, 0.1) is 5.92 Å². The third-order valence-electron chi connectivity index (χ3n) is 4.21. The lowest BCUT2D eigenvalue weighted by molar-refractivity contribution is 0.0839. The molecule has 7 heteroatoms. The van der Waals surface area contributed by atoms with Crippen LogP contribution < -0.4 is 5.32 Å². The maximum atomic E-state index is 5.89. The van der Waals surface area contributed by atoms with Crippen molar-refractivity contribution in [3.63, 3.8) is 0 Å². The van der Waals surface area contributed by atoms with E-state index in [2.05, 4.69) is 25.3 Å². The van der Waals surface area contributed by atoms with Gasteiger partial charge in [-0.15, -0.1) is 0 Å². The Morgan fingerprint density at radius 2 is 2.36 bits per heavy atom. The minimum atomic E-state index is 0.0380. The van der Waals surface area contributed by atoms with Gasteiger partial charge in [0.05, 0.1) is 5.39 Å². The van der Waals surface area contributed by atoms with Crippen molar-refractivity contribution in [2.75, 3.05) is 18.5 Å². The number of aromatic amines is 1. The topological polar surface area (TPSA) is 80.7 Å². The molecule has 2 atom stereocenters. The number of nitrogens with zero attached hydrogens (tertiary/aromatic N) is 4. The summed E-state index contributed by atoms with van der Waals surface area (Å²) in [5.41, 5.74) is 0.848. The molecule has 1 saturated heterocycles. The summed E-state index contributed by atoms with van der Waals surface area (Å²) in [4.78, 5) is 16.1. The van der Waals surface area contributed by atoms with Crippen molar-refractivity contribution in [1.29, 1.82) is 0 Å². The largest absolute Gasteiger partial charge is 0.370 e. The molecular formula is C15H18N6O. The van der Waals surface area contributed by atoms with E-state index in [9.17, 15) is 0 Å². The van der Waals surface area contributed by atoms with E-state index in [4.69, 9.17) is 4.74 Å². The summed E-state index contributed by atoms with van der Waals surface area (Å²) < 4.78 is 7.92. The number of aryl methyl sites for hydroxylation is 1. The van der Waals surface area contributed by atoms with Crippen molar-refractivity contribution in [3.05, 3.63) is 36.8 Å². The molecule has 2 N–H and O–H groups in total. The Morgan fingerprint density at radius 3 is 3.23 bits per heavy atom. The maximum absolute atomic E-state index is 5.89. The average Bonchev–Trinajstić information content (AvgIpc) is 3.24. The molecule has 0 amide bonds. The molecule has 3 aromatic rings. The Labute approximate surface area is 127 Å². The number of rotatable bonds is 4. The van der Waals surface area contributed by atoms with Gasteiger partial charge in [-0.1, -0.05) is 0 Å². The lowest BCUT2D eigenvalue weighted by Crippen LogP contribution is -2.20. The van der Waals surface area contributed by atoms with Crippen LogP contribution in [-0.4, -0.2) is 37.7 Å². The maximum Gasteiger partial charge on any atom is 0.142 e. The van der Waals surface area contributed by atoms with Gasteiger partial charge in [0.25, 0.3) is 0 Å². The molecule has 0 aliphatic carbocycles. The number of anilines is 1. The molecule has 4 rings (SSSR count). The number of hydrogen-bond donors (Lipinski definition) is 2. The molecule has 0 aromatic carbocycles. The lowest BCUT2D eigenvalue weighted by atomic mass is 10.0. The Kier molecular flexibility index (Phi) is 3.27. The van der Waals surface area contributed by atoms with Gasteiger partial charge in [-0.3, -0.25) is 0 Å². The van der Waals surface area contributed by atoms with Crippen LogP contribution in [0.5, 0.6) is 0 Å². The molecule has 22 heavy (non-hydrogen) atoms. The van der Waals surface area contributed by atoms with Crippen molar-refractivity contribution in [2.24, 2.45) is 13.0 Å². The van der Waals surface area contributed by atoms with E-state index in [-0.39, 0.29) is 6.10 Å². The van der Waals surface area contributed by atoms with Crippen molar-refractivity contribution >= 4 is 16.9 Å². The van der Waals surface area contributed by atoms with Crippen LogP contribution in [0.25, 0.3) is 11.0 Å². The number of hydrogen-bond acceptors (Lipinski definition) is 5. The van der Waals surface area contributed by atoms with Gasteiger partial charge in [0.2, 0.25) is 0 Å². The summed E-state index contributed by atoms with van der Waals surface area (Å²) in [6, 6.07) is 1.99. The second-order valence-corrected chi connectivity index (χ2v) is 5.58. The number of ether oxygens (including phenoxy) is 1. The Balaban J connectivity index is 1.51. The van der Waals surface area contributed by atoms with E-state index in [1.54, 1.807) is 6.33 Å². The highest BCUT2D eigenvalue weighted by atomic mass is 16.5. The zero-order valence-corrected chi connectivity index (χ0v) is 12.4. The van der Waals surface area contributed by atoms with Crippen LogP contribution in [0.2, 0.25) is 0 Å². The molecule has 1 fully saturated rings. The molecular weight excluding hydrogens is 280 g/mol. The molecule has 0 unspecified atom stereocenters. The first-order chi connectivity index (χ1) is 10.8. The summed E-state index contributed by atoms with van der Waals surface area (Å²) in [5.74, 6) is 2.22. The third-order valence-corrected chi connectivity index (χ3v) is 4.21. The van der Waals surface area contributed by atoms with Gasteiger partial charge in [-0.25, -0.2) is 15.0 Å². The van der Waals surface area contributed by atoms with Gasteiger partial charge >= 0.3 is 0 Å². The monoisotopic (exact) mass is 298 g/mol. The van der Waals surface area contributed by atoms with Crippen molar-refractivity contribution in [1.82, 2.24) is 24.5 Å². The molecule has 7 nitrogen and oxygen atoms in total. The van der Waals surface area contributed by atoms with E-state index in [1.165, 1.54) is 0 Å². The second-order valence-electron chi connectivity index (χ2n) is 5.58. The SMILES string of the molecule is Cn1ccnc1[C@@H]1OCC[C@H]1CNc1ncnc2[nH]ccc12. The van der Waals surface area contributed by atoms with Gasteiger partial charge in [-0.2, -0.15) is 0 Å². The zero-order chi connectivity index (χ0) is 14.9. The van der Waals surface area contributed by atoms with Crippen LogP contribution in [0.1, 0.15) is 18.3 Å². The van der Waals surface area contributed by atoms with Gasteiger partial charge in [0.15, 0.2) is 0 Å². The van der Waals surface area contributed by atoms with E-state index in [0.29, 0.717) is 5.92 Å². The highest BCUT2D eigenvalue weighted by Gasteiger charge is 2.32. The predicted octanol–water partition coefficient (Wildman–Crippen LogP) is 1.88. The summed E-state index contributed by atoms with van der Waals surface area (Å²) in [6.45, 7) is 1.57. The molecule has 0 radical (unpaired) electrons. The average molecular weight is 298 g/mol. The van der Waals surface area contributed by atoms with Gasteiger partial charge in [-0.05, 0) is 12.5 Å². The van der Waals surface area contributed by atoms with E-state index in [0.717, 1.165) is 42.2 Å². The zero-order valence-electron chi connectivity index (χ0n) is 12.4. The predicted molar refractivity (Wildman–Crippen MR) is 82.4 cm³/mol. The Hall–Kier alpha value is -2.41. The first kappa shape index (κ1) is 13.3. The Morgan fingerprint density at radius 1 is 1.41 bits per heavy atom. The van der Waals surface area contributed by atoms with Gasteiger partial charge in [0, 0.05) is 44.7 Å². The highest BCUT2D eigenvalue weighted by molar-refractivity contribution is 5.86. The van der Waals surface area contributed by atoms with Crippen LogP contribution >= 0.6 is 0 Å². The summed E-state index contributed by atoms with van der Waals surface area (Å²) in [7, 11) is 2.00. The summed E-state index contributed by atoms with van der Waals surface area (Å²) >= 11 is 0. The smallest absolute Gasteiger partial charge is 0.142 e. The minimum absolute atomic E-state index is 0.0380. The molecule has 114 valence electrons. The summed E-state index contributed by atoms with van der Waals surface area (Å²) in [5, 5.41) is 4.45. The molecule has 1 aliphatic rings. The second kappa shape index (κ2) is 5.42. The standard InChI is InChI=1S/C15H18N6O/c1-21-6-5-17-15(21)12-10(3-7-22-12)8-18-14-11-2-4-16-13(11)19-9-20-14/h2,4-6,9-10,12H,3,7-8H2,1H3,(H2,16,18,19,20)/t10-,12+/m0/s1. The number of imidazole rings is 1. The quantitative estimate of drug-likeness (QED) is 0.768. The Bertz CT molecular complexity index is 779. The molecule has 3 aromatic heterocycles. The van der Waals surface area contributed by atoms with Crippen LogP contribution in [-0.2, 0) is 11.8 Å². The first-order valence-electron chi connectivity index (χ1n) is 7.43. The summed E-state index contributed by atoms with van der Waals surface area (Å²) in [6.07, 6.45) is 8.27. The van der Waals surface area contributed by atoms with Gasteiger partial charge < -0.3 is 19.6 Å². The molecule has 0 spiro atoms. The van der Waals surface area contributed by atoms with E-state index < -0.39 is 0 Å². The van der Waals surface area contributed by atoms with Crippen LogP contribution in [0.4, 0.5) is 5.82 Å². The number of H-pyrrole nitrogens is 1.